The zero-order chi connectivity index (χ0) is 21.3. The van der Waals surface area contributed by atoms with Gasteiger partial charge in [-0.2, -0.15) is 5.10 Å². The predicted molar refractivity (Wildman–Crippen MR) is 113 cm³/mol. The number of amides is 1. The smallest absolute Gasteiger partial charge is 0.226 e. The summed E-state index contributed by atoms with van der Waals surface area (Å²) in [6.45, 7) is 1.80. The van der Waals surface area contributed by atoms with E-state index in [2.05, 4.69) is 15.4 Å². The molecule has 1 amide bonds. The van der Waals surface area contributed by atoms with Crippen LogP contribution in [0.4, 0.5) is 5.82 Å². The molecule has 10 heteroatoms. The monoisotopic (exact) mass is 448 g/mol. The molecule has 1 aliphatic rings. The Bertz CT molecular complexity index is 1190. The van der Waals surface area contributed by atoms with E-state index < -0.39 is 9.84 Å². The van der Waals surface area contributed by atoms with Gasteiger partial charge in [-0.25, -0.2) is 18.1 Å². The van der Waals surface area contributed by atoms with Crippen molar-refractivity contribution in [1.82, 2.24) is 14.8 Å². The van der Waals surface area contributed by atoms with Crippen molar-refractivity contribution in [2.45, 2.75) is 32.2 Å². The number of carbonyl (C=O) groups excluding carboxylic acids is 1. The lowest BCUT2D eigenvalue weighted by molar-refractivity contribution is -0.116. The van der Waals surface area contributed by atoms with E-state index in [1.54, 1.807) is 29.9 Å². The average Bonchev–Trinajstić information content (AvgIpc) is 3.39. The van der Waals surface area contributed by atoms with Crippen molar-refractivity contribution < 1.29 is 17.6 Å². The molecule has 0 aliphatic carbocycles. The molecule has 3 aromatic rings. The zero-order valence-corrected chi connectivity index (χ0v) is 17.9. The van der Waals surface area contributed by atoms with Crippen LogP contribution in [0.25, 0.3) is 11.3 Å². The predicted octanol–water partition coefficient (Wildman–Crippen LogP) is 3.43. The third-order valence-electron chi connectivity index (χ3n) is 4.94. The Morgan fingerprint density at radius 2 is 2.17 bits per heavy atom. The SMILES string of the molecule is Cc1cc(NC(=O)CCc2ncc(-c3ccccc3Cl)o2)n(C2CCS(=O)(=O)C2)n1. The van der Waals surface area contributed by atoms with Crippen molar-refractivity contribution >= 4 is 33.2 Å². The molecule has 1 saturated heterocycles. The van der Waals surface area contributed by atoms with E-state index >= 15 is 0 Å². The first-order valence-corrected chi connectivity index (χ1v) is 11.8. The third-order valence-corrected chi connectivity index (χ3v) is 7.02. The first-order chi connectivity index (χ1) is 14.3. The van der Waals surface area contributed by atoms with Crippen LogP contribution in [0.1, 0.15) is 30.5 Å². The van der Waals surface area contributed by atoms with Crippen LogP contribution in [0.15, 0.2) is 40.9 Å². The Morgan fingerprint density at radius 1 is 1.37 bits per heavy atom. The number of oxazole rings is 1. The van der Waals surface area contributed by atoms with Crippen molar-refractivity contribution in [2.75, 3.05) is 16.8 Å². The Balaban J connectivity index is 1.39. The molecule has 0 radical (unpaired) electrons. The van der Waals surface area contributed by atoms with Crippen LogP contribution in [0, 0.1) is 6.92 Å². The van der Waals surface area contributed by atoms with Crippen molar-refractivity contribution in [2.24, 2.45) is 0 Å². The second-order valence-corrected chi connectivity index (χ2v) is 9.95. The largest absolute Gasteiger partial charge is 0.441 e. The van der Waals surface area contributed by atoms with Gasteiger partial charge in [-0.15, -0.1) is 0 Å². The minimum absolute atomic E-state index is 0.0398. The number of halogens is 1. The molecular formula is C20H21ClN4O4S. The van der Waals surface area contributed by atoms with Crippen molar-refractivity contribution in [3.05, 3.63) is 53.1 Å². The summed E-state index contributed by atoms with van der Waals surface area (Å²) >= 11 is 6.18. The molecule has 8 nitrogen and oxygen atoms in total. The molecule has 1 aliphatic heterocycles. The molecule has 2 aromatic heterocycles. The lowest BCUT2D eigenvalue weighted by Crippen LogP contribution is -2.19. The lowest BCUT2D eigenvalue weighted by Gasteiger charge is -2.13. The highest BCUT2D eigenvalue weighted by atomic mass is 35.5. The number of nitrogens with one attached hydrogen (secondary N) is 1. The highest BCUT2D eigenvalue weighted by molar-refractivity contribution is 7.91. The van der Waals surface area contributed by atoms with Crippen LogP contribution < -0.4 is 5.32 Å². The maximum atomic E-state index is 12.5. The van der Waals surface area contributed by atoms with Gasteiger partial charge in [0.15, 0.2) is 21.5 Å². The highest BCUT2D eigenvalue weighted by Gasteiger charge is 2.31. The molecule has 0 spiro atoms. The molecule has 0 bridgehead atoms. The molecule has 30 heavy (non-hydrogen) atoms. The number of rotatable bonds is 6. The minimum atomic E-state index is -3.05. The van der Waals surface area contributed by atoms with Gasteiger partial charge in [-0.05, 0) is 25.5 Å². The summed E-state index contributed by atoms with van der Waals surface area (Å²) in [7, 11) is -3.05. The van der Waals surface area contributed by atoms with Crippen molar-refractivity contribution in [3.8, 4) is 11.3 Å². The fourth-order valence-corrected chi connectivity index (χ4v) is 5.41. The zero-order valence-electron chi connectivity index (χ0n) is 16.3. The van der Waals surface area contributed by atoms with Gasteiger partial charge in [-0.1, -0.05) is 23.7 Å². The van der Waals surface area contributed by atoms with Gasteiger partial charge in [0.25, 0.3) is 0 Å². The fourth-order valence-electron chi connectivity index (χ4n) is 3.49. The summed E-state index contributed by atoms with van der Waals surface area (Å²) in [6, 6.07) is 8.78. The first-order valence-electron chi connectivity index (χ1n) is 9.57. The molecule has 4 rings (SSSR count). The van der Waals surface area contributed by atoms with Gasteiger partial charge < -0.3 is 9.73 Å². The molecule has 1 N–H and O–H groups in total. The number of hydrogen-bond acceptors (Lipinski definition) is 6. The quantitative estimate of drug-likeness (QED) is 0.619. The van der Waals surface area contributed by atoms with E-state index in [0.29, 0.717) is 41.0 Å². The van der Waals surface area contributed by atoms with E-state index in [9.17, 15) is 13.2 Å². The molecule has 0 saturated carbocycles. The summed E-state index contributed by atoms with van der Waals surface area (Å²) in [4.78, 5) is 16.7. The summed E-state index contributed by atoms with van der Waals surface area (Å²) in [5.74, 6) is 1.44. The van der Waals surface area contributed by atoms with Gasteiger partial charge >= 0.3 is 0 Å². The number of hydrogen-bond donors (Lipinski definition) is 1. The average molecular weight is 449 g/mol. The van der Waals surface area contributed by atoms with Crippen LogP contribution >= 0.6 is 11.6 Å². The number of carbonyl (C=O) groups is 1. The summed E-state index contributed by atoms with van der Waals surface area (Å²) in [5.41, 5.74) is 1.46. The fraction of sp³-hybridized carbons (Fsp3) is 0.350. The number of nitrogens with zero attached hydrogens (tertiary/aromatic N) is 3. The summed E-state index contributed by atoms with van der Waals surface area (Å²) in [6.07, 6.45) is 2.57. The first kappa shape index (κ1) is 20.6. The molecule has 1 atom stereocenters. The topological polar surface area (TPSA) is 107 Å². The second-order valence-electron chi connectivity index (χ2n) is 7.32. The molecule has 1 fully saturated rings. The lowest BCUT2D eigenvalue weighted by atomic mass is 10.2. The van der Waals surface area contributed by atoms with E-state index in [1.807, 2.05) is 18.2 Å². The number of aromatic nitrogens is 3. The van der Waals surface area contributed by atoms with Gasteiger partial charge in [-0.3, -0.25) is 4.79 Å². The minimum Gasteiger partial charge on any atom is -0.441 e. The van der Waals surface area contributed by atoms with Gasteiger partial charge in [0.2, 0.25) is 5.91 Å². The van der Waals surface area contributed by atoms with Crippen LogP contribution in [0.2, 0.25) is 5.02 Å². The van der Waals surface area contributed by atoms with E-state index in [0.717, 1.165) is 5.56 Å². The van der Waals surface area contributed by atoms with Crippen LogP contribution in [-0.4, -0.2) is 40.6 Å². The number of benzene rings is 1. The van der Waals surface area contributed by atoms with E-state index in [4.69, 9.17) is 16.0 Å². The Labute approximate surface area is 179 Å². The second kappa shape index (κ2) is 8.23. The number of sulfone groups is 1. The Morgan fingerprint density at radius 3 is 2.90 bits per heavy atom. The molecular weight excluding hydrogens is 428 g/mol. The maximum absolute atomic E-state index is 12.5. The number of anilines is 1. The van der Waals surface area contributed by atoms with Gasteiger partial charge in [0.05, 0.1) is 34.5 Å². The number of aryl methyl sites for hydroxylation is 2. The van der Waals surface area contributed by atoms with Crippen LogP contribution in [0.3, 0.4) is 0 Å². The van der Waals surface area contributed by atoms with Crippen LogP contribution in [-0.2, 0) is 21.1 Å². The molecule has 3 heterocycles. The Kier molecular flexibility index (Phi) is 5.66. The highest BCUT2D eigenvalue weighted by Crippen LogP contribution is 2.29. The molecule has 1 aromatic carbocycles. The molecule has 158 valence electrons. The molecule has 1 unspecified atom stereocenters. The van der Waals surface area contributed by atoms with Gasteiger partial charge in [0, 0.05) is 24.5 Å². The van der Waals surface area contributed by atoms with Crippen molar-refractivity contribution in [3.63, 3.8) is 0 Å². The maximum Gasteiger partial charge on any atom is 0.226 e. The van der Waals surface area contributed by atoms with E-state index in [-0.39, 0.29) is 29.9 Å². The third kappa shape index (κ3) is 4.57. The van der Waals surface area contributed by atoms with Crippen LogP contribution in [0.5, 0.6) is 0 Å². The summed E-state index contributed by atoms with van der Waals surface area (Å²) in [5, 5.41) is 7.76. The van der Waals surface area contributed by atoms with E-state index in [1.165, 1.54) is 0 Å². The van der Waals surface area contributed by atoms with Gasteiger partial charge in [0.1, 0.15) is 5.82 Å². The summed E-state index contributed by atoms with van der Waals surface area (Å²) < 4.78 is 30.9. The van der Waals surface area contributed by atoms with Crippen molar-refractivity contribution in [1.29, 1.82) is 0 Å². The normalized spacial score (nSPS) is 17.9. The Hall–Kier alpha value is -2.65. The standard InChI is InChI=1S/C20H21ClN4O4S/c1-13-10-18(25(24-13)14-8-9-30(27,28)12-14)23-19(26)6-7-20-22-11-17(29-20)15-4-2-3-5-16(15)21/h2-5,10-11,14H,6-9,12H2,1H3,(H,23,26).